The molecule has 0 fully saturated rings. The molecule has 1 aromatic heterocycles. The first-order valence-electron chi connectivity index (χ1n) is 5.83. The van der Waals surface area contributed by atoms with Crippen molar-refractivity contribution in [2.24, 2.45) is 0 Å². The summed E-state index contributed by atoms with van der Waals surface area (Å²) in [4.78, 5) is 18.1. The second-order valence-electron chi connectivity index (χ2n) is 3.99. The van der Waals surface area contributed by atoms with Gasteiger partial charge < -0.3 is 9.72 Å². The first-order chi connectivity index (χ1) is 9.40. The number of nitrogens with zero attached hydrogens (tertiary/aromatic N) is 1. The minimum absolute atomic E-state index is 0.306. The van der Waals surface area contributed by atoms with Gasteiger partial charge in [0.05, 0.1) is 12.0 Å². The van der Waals surface area contributed by atoms with Crippen LogP contribution in [0.4, 0.5) is 13.2 Å². The molecule has 7 heteroatoms. The molecule has 1 heterocycles. The van der Waals surface area contributed by atoms with E-state index in [-0.39, 0.29) is 11.3 Å². The fourth-order valence-electron chi connectivity index (χ4n) is 1.85. The van der Waals surface area contributed by atoms with Crippen LogP contribution in [0, 0.1) is 0 Å². The van der Waals surface area contributed by atoms with Gasteiger partial charge in [0.15, 0.2) is 0 Å². The molecule has 20 heavy (non-hydrogen) atoms. The van der Waals surface area contributed by atoms with Crippen LogP contribution < -0.4 is 10.3 Å². The molecule has 0 amide bonds. The number of aromatic nitrogens is 2. The zero-order chi connectivity index (χ0) is 14.8. The Kier molecular flexibility index (Phi) is 3.78. The first-order valence-corrected chi connectivity index (χ1v) is 5.83. The van der Waals surface area contributed by atoms with Crippen LogP contribution in [-0.4, -0.2) is 16.3 Å². The lowest BCUT2D eigenvalue weighted by molar-refractivity contribution is -0.274. The highest BCUT2D eigenvalue weighted by Gasteiger charge is 2.31. The Morgan fingerprint density at radius 3 is 2.75 bits per heavy atom. The summed E-state index contributed by atoms with van der Waals surface area (Å²) in [6.45, 7) is 1.77. The van der Waals surface area contributed by atoms with Crippen molar-refractivity contribution < 1.29 is 17.9 Å². The van der Waals surface area contributed by atoms with E-state index in [9.17, 15) is 18.0 Å². The van der Waals surface area contributed by atoms with E-state index >= 15 is 0 Å². The number of halogens is 3. The van der Waals surface area contributed by atoms with Crippen molar-refractivity contribution >= 4 is 0 Å². The first kappa shape index (κ1) is 14.1. The number of aromatic amines is 1. The number of ether oxygens (including phenoxy) is 1. The van der Waals surface area contributed by atoms with Crippen molar-refractivity contribution in [2.45, 2.75) is 19.7 Å². The number of alkyl halides is 3. The topological polar surface area (TPSA) is 55.0 Å². The van der Waals surface area contributed by atoms with Gasteiger partial charge in [-0.25, -0.2) is 4.98 Å². The molecule has 106 valence electrons. The standard InChI is InChI=1S/C13H11F3N2O2/c1-2-10-11(17-7-18-12(10)19)8-4-3-5-9(6-8)20-13(14,15)16/h3-7H,2H2,1H3,(H,17,18,19). The molecule has 2 aromatic rings. The fourth-order valence-corrected chi connectivity index (χ4v) is 1.85. The van der Waals surface area contributed by atoms with Crippen molar-refractivity contribution in [3.63, 3.8) is 0 Å². The average Bonchev–Trinajstić information content (AvgIpc) is 2.36. The molecule has 1 aromatic carbocycles. The maximum absolute atomic E-state index is 12.2. The summed E-state index contributed by atoms with van der Waals surface area (Å²) in [6, 6.07) is 5.38. The Labute approximate surface area is 112 Å². The van der Waals surface area contributed by atoms with Gasteiger partial charge >= 0.3 is 6.36 Å². The van der Waals surface area contributed by atoms with Gasteiger partial charge in [0.2, 0.25) is 0 Å². The number of rotatable bonds is 3. The van der Waals surface area contributed by atoms with Gasteiger partial charge in [0.25, 0.3) is 5.56 Å². The maximum atomic E-state index is 12.2. The molecule has 0 radical (unpaired) electrons. The van der Waals surface area contributed by atoms with Crippen LogP contribution in [0.25, 0.3) is 11.3 Å². The van der Waals surface area contributed by atoms with Gasteiger partial charge in [-0.15, -0.1) is 13.2 Å². The van der Waals surface area contributed by atoms with Crippen LogP contribution in [-0.2, 0) is 6.42 Å². The van der Waals surface area contributed by atoms with Gasteiger partial charge in [-0.05, 0) is 18.6 Å². The largest absolute Gasteiger partial charge is 0.573 e. The lowest BCUT2D eigenvalue weighted by Gasteiger charge is -2.11. The summed E-state index contributed by atoms with van der Waals surface area (Å²) in [5, 5.41) is 0. The van der Waals surface area contributed by atoms with Crippen molar-refractivity contribution in [3.8, 4) is 17.0 Å². The number of hydrogen-bond acceptors (Lipinski definition) is 3. The third kappa shape index (κ3) is 3.17. The van der Waals surface area contributed by atoms with Gasteiger partial charge in [0, 0.05) is 11.1 Å². The highest BCUT2D eigenvalue weighted by atomic mass is 19.4. The molecule has 0 saturated heterocycles. The molecule has 0 bridgehead atoms. The van der Waals surface area contributed by atoms with E-state index in [1.54, 1.807) is 13.0 Å². The van der Waals surface area contributed by atoms with Gasteiger partial charge in [-0.3, -0.25) is 4.79 Å². The monoisotopic (exact) mass is 284 g/mol. The number of hydrogen-bond donors (Lipinski definition) is 1. The Hall–Kier alpha value is -2.31. The average molecular weight is 284 g/mol. The van der Waals surface area contributed by atoms with E-state index in [1.807, 2.05) is 0 Å². The predicted molar refractivity (Wildman–Crippen MR) is 66.4 cm³/mol. The number of H-pyrrole nitrogens is 1. The van der Waals surface area contributed by atoms with Crippen LogP contribution in [0.1, 0.15) is 12.5 Å². The van der Waals surface area contributed by atoms with E-state index in [0.717, 1.165) is 0 Å². The molecule has 4 nitrogen and oxygen atoms in total. The van der Waals surface area contributed by atoms with Gasteiger partial charge in [0.1, 0.15) is 5.75 Å². The number of benzene rings is 1. The molecule has 0 atom stereocenters. The van der Waals surface area contributed by atoms with Crippen LogP contribution in [0.3, 0.4) is 0 Å². The second kappa shape index (κ2) is 5.36. The maximum Gasteiger partial charge on any atom is 0.573 e. The molecule has 0 spiro atoms. The van der Waals surface area contributed by atoms with Gasteiger partial charge in [-0.2, -0.15) is 0 Å². The van der Waals surface area contributed by atoms with Crippen LogP contribution in [0.2, 0.25) is 0 Å². The summed E-state index contributed by atoms with van der Waals surface area (Å²) in [7, 11) is 0. The smallest absolute Gasteiger partial charge is 0.406 e. The van der Waals surface area contributed by atoms with E-state index < -0.39 is 6.36 Å². The van der Waals surface area contributed by atoms with Crippen LogP contribution in [0.5, 0.6) is 5.75 Å². The highest BCUT2D eigenvalue weighted by Crippen LogP contribution is 2.27. The minimum Gasteiger partial charge on any atom is -0.406 e. The normalized spacial score (nSPS) is 11.4. The minimum atomic E-state index is -4.76. The molecule has 0 saturated carbocycles. The zero-order valence-corrected chi connectivity index (χ0v) is 10.5. The predicted octanol–water partition coefficient (Wildman–Crippen LogP) is 2.90. The highest BCUT2D eigenvalue weighted by molar-refractivity contribution is 5.64. The molecular formula is C13H11F3N2O2. The van der Waals surface area contributed by atoms with E-state index in [4.69, 9.17) is 0 Å². The summed E-state index contributed by atoms with van der Waals surface area (Å²) in [5.74, 6) is -0.348. The lowest BCUT2D eigenvalue weighted by atomic mass is 10.1. The lowest BCUT2D eigenvalue weighted by Crippen LogP contribution is -2.17. The quantitative estimate of drug-likeness (QED) is 0.942. The zero-order valence-electron chi connectivity index (χ0n) is 10.5. The molecular weight excluding hydrogens is 273 g/mol. The van der Waals surface area contributed by atoms with E-state index in [0.29, 0.717) is 23.2 Å². The molecule has 0 aliphatic rings. The van der Waals surface area contributed by atoms with Crippen molar-refractivity contribution in [1.82, 2.24) is 9.97 Å². The van der Waals surface area contributed by atoms with Gasteiger partial charge in [-0.1, -0.05) is 19.1 Å². The fraction of sp³-hybridized carbons (Fsp3) is 0.231. The van der Waals surface area contributed by atoms with Crippen molar-refractivity contribution in [1.29, 1.82) is 0 Å². The SMILES string of the molecule is CCc1c(-c2cccc(OC(F)(F)F)c2)nc[nH]c1=O. The third-order valence-corrected chi connectivity index (χ3v) is 2.64. The summed E-state index contributed by atoms with van der Waals surface area (Å²) >= 11 is 0. The third-order valence-electron chi connectivity index (χ3n) is 2.64. The Morgan fingerprint density at radius 2 is 2.10 bits per heavy atom. The molecule has 0 aliphatic carbocycles. The molecule has 2 rings (SSSR count). The van der Waals surface area contributed by atoms with Crippen LogP contribution in [0.15, 0.2) is 35.4 Å². The van der Waals surface area contributed by atoms with Crippen molar-refractivity contribution in [2.75, 3.05) is 0 Å². The van der Waals surface area contributed by atoms with Crippen molar-refractivity contribution in [3.05, 3.63) is 46.5 Å². The van der Waals surface area contributed by atoms with E-state index in [1.165, 1.54) is 24.5 Å². The Balaban J connectivity index is 2.47. The van der Waals surface area contributed by atoms with E-state index in [2.05, 4.69) is 14.7 Å². The molecule has 1 N–H and O–H groups in total. The summed E-state index contributed by atoms with van der Waals surface area (Å²) < 4.78 is 40.4. The van der Waals surface area contributed by atoms with Crippen LogP contribution >= 0.6 is 0 Å². The Bertz CT molecular complexity index is 665. The molecule has 0 unspecified atom stereocenters. The molecule has 0 aliphatic heterocycles. The Morgan fingerprint density at radius 1 is 1.35 bits per heavy atom. The summed E-state index contributed by atoms with van der Waals surface area (Å²) in [5.41, 5.74) is 0.856. The second-order valence-corrected chi connectivity index (χ2v) is 3.99. The summed E-state index contributed by atoms with van der Waals surface area (Å²) in [6.07, 6.45) is -3.12. The number of nitrogens with one attached hydrogen (secondary N) is 1.